The van der Waals surface area contributed by atoms with Crippen molar-refractivity contribution in [1.29, 1.82) is 0 Å². The number of H-pyrrole nitrogens is 1. The summed E-state index contributed by atoms with van der Waals surface area (Å²) in [5, 5.41) is 29.1. The van der Waals surface area contributed by atoms with Gasteiger partial charge in [-0.25, -0.2) is 13.7 Å². The van der Waals surface area contributed by atoms with E-state index in [0.717, 1.165) is 23.9 Å². The van der Waals surface area contributed by atoms with Crippen molar-refractivity contribution in [1.82, 2.24) is 19.9 Å². The Kier molecular flexibility index (Phi) is 17.3. The molecule has 1 saturated heterocycles. The number of nitrogen functional groups attached to an aromatic ring is 1. The average molecular weight is 1100 g/mol. The number of hydrogen-bond donors (Lipinski definition) is 10. The zero-order valence-electron chi connectivity index (χ0n) is 36.7. The standard InChI is InChI=1S/C37H41N10O20P3S2/c1-46(26-11-6-23(7-12-26)43-45-28-15-10-25(18-31(28)72(61,62)63)44-42-24-8-13-27(14-9-24)71(58,59)60)17-3-5-32(49)39-16-2-4-22-20-47(35-34(22)36(50)41-37(38)40-35)33-19-29(48)30(65-33)21-64-69(54,55)67-70(56,57)66-68(51,52)53/h6-15,18,20,29-30,33,48H,3,5,16-17,19,21H2,1H3,(H,39,49)(H,54,55)(H,56,57)(H2,51,52,53)(H,58,59,60)(H,61,62,63)(H3,38,40,41,50)/t29-,30+,33+/m0/s1. The molecule has 72 heavy (non-hydrogen) atoms. The van der Waals surface area contributed by atoms with Gasteiger partial charge < -0.3 is 49.9 Å². The van der Waals surface area contributed by atoms with Crippen molar-refractivity contribution in [2.24, 2.45) is 20.5 Å². The summed E-state index contributed by atoms with van der Waals surface area (Å²) in [5.74, 6) is 4.89. The number of aliphatic hydroxyl groups excluding tert-OH is 1. The van der Waals surface area contributed by atoms with Gasteiger partial charge in [-0.15, -0.1) is 5.11 Å². The van der Waals surface area contributed by atoms with Gasteiger partial charge in [0, 0.05) is 38.3 Å². The molecule has 3 heterocycles. The number of hydrogen-bond acceptors (Lipinski definition) is 21. The first kappa shape index (κ1) is 55.4. The van der Waals surface area contributed by atoms with Crippen LogP contribution in [0.3, 0.4) is 0 Å². The number of carbonyl (C=O) groups excluding carboxylic acids is 1. The summed E-state index contributed by atoms with van der Waals surface area (Å²) in [5.41, 5.74) is 6.20. The highest BCUT2D eigenvalue weighted by Crippen LogP contribution is 2.66. The van der Waals surface area contributed by atoms with Crippen molar-refractivity contribution in [2.75, 3.05) is 37.4 Å². The van der Waals surface area contributed by atoms with Crippen LogP contribution in [0.25, 0.3) is 11.0 Å². The summed E-state index contributed by atoms with van der Waals surface area (Å²) in [6.45, 7) is -0.650. The highest BCUT2D eigenvalue weighted by atomic mass is 32.2. The molecule has 1 amide bonds. The number of aromatic nitrogens is 3. The van der Waals surface area contributed by atoms with E-state index in [1.807, 2.05) is 4.90 Å². The monoisotopic (exact) mass is 1100 g/mol. The highest BCUT2D eigenvalue weighted by Gasteiger charge is 2.43. The average Bonchev–Trinajstić information content (AvgIpc) is 3.83. The highest BCUT2D eigenvalue weighted by molar-refractivity contribution is 7.86. The van der Waals surface area contributed by atoms with Crippen LogP contribution in [0.4, 0.5) is 34.4 Å². The number of amides is 1. The van der Waals surface area contributed by atoms with Gasteiger partial charge in [-0.3, -0.25) is 28.2 Å². The van der Waals surface area contributed by atoms with E-state index < -0.39 is 79.2 Å². The van der Waals surface area contributed by atoms with Gasteiger partial charge in [-0.2, -0.15) is 45.8 Å². The maximum Gasteiger partial charge on any atom is 0.490 e. The molecule has 0 spiro atoms. The van der Waals surface area contributed by atoms with E-state index in [-0.39, 0.29) is 69.8 Å². The molecule has 0 aliphatic carbocycles. The fourth-order valence-electron chi connectivity index (χ4n) is 6.51. The summed E-state index contributed by atoms with van der Waals surface area (Å²) >= 11 is 0. The molecule has 5 aromatic rings. The van der Waals surface area contributed by atoms with E-state index in [4.69, 9.17) is 24.8 Å². The van der Waals surface area contributed by atoms with Crippen LogP contribution in [0.1, 0.15) is 31.1 Å². The lowest BCUT2D eigenvalue weighted by Crippen LogP contribution is -2.26. The molecule has 1 aliphatic rings. The minimum absolute atomic E-state index is 0.00539. The van der Waals surface area contributed by atoms with Crippen molar-refractivity contribution in [3.05, 3.63) is 88.8 Å². The molecule has 6 rings (SSSR count). The van der Waals surface area contributed by atoms with Crippen molar-refractivity contribution >= 4 is 95.0 Å². The number of nitrogens with one attached hydrogen (secondary N) is 2. The molecule has 386 valence electrons. The first-order valence-corrected chi connectivity index (χ1v) is 27.6. The first-order chi connectivity index (χ1) is 33.6. The van der Waals surface area contributed by atoms with Crippen LogP contribution >= 0.6 is 23.5 Å². The van der Waals surface area contributed by atoms with Crippen LogP contribution in [-0.2, 0) is 56.6 Å². The van der Waals surface area contributed by atoms with Crippen LogP contribution in [0.2, 0.25) is 0 Å². The molecule has 5 atom stereocenters. The predicted octanol–water partition coefficient (Wildman–Crippen LogP) is 4.01. The van der Waals surface area contributed by atoms with Crippen LogP contribution < -0.4 is 21.5 Å². The summed E-state index contributed by atoms with van der Waals surface area (Å²) in [6, 6.07) is 15.0. The molecular weight excluding hydrogens is 1060 g/mol. The number of rotatable bonds is 20. The van der Waals surface area contributed by atoms with Gasteiger partial charge in [0.2, 0.25) is 11.9 Å². The normalized spacial score (nSPS) is 18.2. The number of nitrogens with two attached hydrogens (primary N) is 1. The first-order valence-electron chi connectivity index (χ1n) is 20.2. The number of aromatic amines is 1. The molecule has 30 nitrogen and oxygen atoms in total. The number of carbonyl (C=O) groups is 1. The second-order valence-electron chi connectivity index (χ2n) is 15.0. The van der Waals surface area contributed by atoms with E-state index >= 15 is 0 Å². The van der Waals surface area contributed by atoms with Gasteiger partial charge in [-0.05, 0) is 73.2 Å². The second kappa shape index (κ2) is 22.4. The summed E-state index contributed by atoms with van der Waals surface area (Å²) in [4.78, 5) is 69.6. The molecular formula is C37H41N10O20P3S2. The fourth-order valence-corrected chi connectivity index (χ4v) is 10.7. The fraction of sp³-hybridized carbons (Fsp3) is 0.270. The number of anilines is 2. The third-order valence-electron chi connectivity index (χ3n) is 9.73. The number of fused-ring (bicyclic) bond motifs is 1. The Hall–Kier alpha value is -5.94. The SMILES string of the molecule is CN(CCCC(=O)NCC#Cc1cn([C@H]2C[C@H](O)[C@@H](COP(=O)(O)OP(=O)(O)OP(=O)(O)O)O2)c2nc(N)[nH]c(=O)c12)c1ccc(N=Nc2ccc(N=Nc3ccc(S(=O)(=O)O)cc3)cc2S(=O)(=O)O)cc1. The zero-order valence-corrected chi connectivity index (χ0v) is 41.0. The van der Waals surface area contributed by atoms with E-state index in [1.165, 1.54) is 35.0 Å². The number of ether oxygens (including phenoxy) is 1. The Morgan fingerprint density at radius 3 is 2.19 bits per heavy atom. The molecule has 2 aromatic heterocycles. The number of azo groups is 2. The minimum Gasteiger partial charge on any atom is -0.390 e. The Bertz CT molecular complexity index is 3420. The van der Waals surface area contributed by atoms with Crippen molar-refractivity contribution < 1.29 is 87.0 Å². The van der Waals surface area contributed by atoms with Crippen LogP contribution in [0.15, 0.2) is 108 Å². The summed E-state index contributed by atoms with van der Waals surface area (Å²) in [7, 11) is -24.4. The second-order valence-corrected chi connectivity index (χ2v) is 22.3. The van der Waals surface area contributed by atoms with Gasteiger partial charge >= 0.3 is 23.5 Å². The predicted molar refractivity (Wildman–Crippen MR) is 249 cm³/mol. The number of phosphoric ester groups is 1. The van der Waals surface area contributed by atoms with Gasteiger partial charge in [0.1, 0.15) is 22.9 Å². The molecule has 0 bridgehead atoms. The van der Waals surface area contributed by atoms with E-state index in [0.29, 0.717) is 18.7 Å². The van der Waals surface area contributed by atoms with E-state index in [2.05, 4.69) is 60.7 Å². The van der Waals surface area contributed by atoms with Gasteiger partial charge in [0.05, 0.1) is 52.2 Å². The summed E-state index contributed by atoms with van der Waals surface area (Å²) in [6.07, 6.45) is -2.28. The minimum atomic E-state index is -5.80. The quantitative estimate of drug-likeness (QED) is 0.0228. The lowest BCUT2D eigenvalue weighted by atomic mass is 10.2. The van der Waals surface area contributed by atoms with E-state index in [1.54, 1.807) is 31.3 Å². The lowest BCUT2D eigenvalue weighted by molar-refractivity contribution is -0.120. The van der Waals surface area contributed by atoms with Gasteiger partial charge in [0.25, 0.3) is 25.8 Å². The maximum atomic E-state index is 13.0. The third-order valence-corrected chi connectivity index (χ3v) is 15.3. The Balaban J connectivity index is 0.996. The van der Waals surface area contributed by atoms with Gasteiger partial charge in [0.15, 0.2) is 5.65 Å². The molecule has 35 heteroatoms. The van der Waals surface area contributed by atoms with Crippen molar-refractivity contribution in [2.45, 2.75) is 47.5 Å². The smallest absolute Gasteiger partial charge is 0.390 e. The molecule has 3 aromatic carbocycles. The van der Waals surface area contributed by atoms with Crippen LogP contribution in [-0.4, -0.2) is 110 Å². The largest absolute Gasteiger partial charge is 0.490 e. The molecule has 2 unspecified atom stereocenters. The Morgan fingerprint density at radius 2 is 1.56 bits per heavy atom. The molecule has 0 saturated carbocycles. The van der Waals surface area contributed by atoms with Crippen molar-refractivity contribution in [3.8, 4) is 11.8 Å². The lowest BCUT2D eigenvalue weighted by Gasteiger charge is -2.19. The third kappa shape index (κ3) is 15.5. The van der Waals surface area contributed by atoms with Crippen LogP contribution in [0.5, 0.6) is 0 Å². The van der Waals surface area contributed by atoms with E-state index in [9.17, 15) is 59.6 Å². The molecule has 1 fully saturated rings. The molecule has 11 N–H and O–H groups in total. The number of phosphoric acid groups is 3. The Labute approximate surface area is 406 Å². The Morgan fingerprint density at radius 1 is 0.931 bits per heavy atom. The zero-order chi connectivity index (χ0) is 52.8. The number of aliphatic hydroxyl groups is 1. The molecule has 1 aliphatic heterocycles. The van der Waals surface area contributed by atoms with Crippen LogP contribution in [0, 0.1) is 11.8 Å². The van der Waals surface area contributed by atoms with Crippen molar-refractivity contribution in [3.63, 3.8) is 0 Å². The summed E-state index contributed by atoms with van der Waals surface area (Å²) < 4.78 is 120. The molecule has 0 radical (unpaired) electrons. The topological polar surface area (TPSA) is 456 Å². The number of benzene rings is 3. The van der Waals surface area contributed by atoms with Gasteiger partial charge in [-0.1, -0.05) is 11.8 Å². The maximum absolute atomic E-state index is 13.0. The number of nitrogens with zero attached hydrogens (tertiary/aromatic N) is 7.